The van der Waals surface area contributed by atoms with Crippen LogP contribution in [0.25, 0.3) is 0 Å². The van der Waals surface area contributed by atoms with Crippen molar-refractivity contribution in [2.24, 2.45) is 5.92 Å². The number of piperazine rings is 1. The van der Waals surface area contributed by atoms with E-state index in [0.29, 0.717) is 12.5 Å². The van der Waals surface area contributed by atoms with Crippen molar-refractivity contribution in [1.82, 2.24) is 10.2 Å². The summed E-state index contributed by atoms with van der Waals surface area (Å²) in [6, 6.07) is -0.468. The lowest BCUT2D eigenvalue weighted by Crippen LogP contribution is -2.59. The fraction of sp³-hybridized carbons (Fsp3) is 0.818. The second kappa shape index (κ2) is 4.41. The van der Waals surface area contributed by atoms with E-state index in [1.807, 2.05) is 11.8 Å². The summed E-state index contributed by atoms with van der Waals surface area (Å²) in [6.45, 7) is 3.18. The van der Waals surface area contributed by atoms with Crippen molar-refractivity contribution in [3.05, 3.63) is 0 Å². The van der Waals surface area contributed by atoms with Crippen molar-refractivity contribution in [2.75, 3.05) is 20.2 Å². The van der Waals surface area contributed by atoms with Gasteiger partial charge in [-0.1, -0.05) is 0 Å². The molecule has 2 unspecified atom stereocenters. The summed E-state index contributed by atoms with van der Waals surface area (Å²) in [5.41, 5.74) is 0. The molecule has 1 aliphatic carbocycles. The highest BCUT2D eigenvalue weighted by molar-refractivity contribution is 5.84. The summed E-state index contributed by atoms with van der Waals surface area (Å²) in [7, 11) is 1.41. The molecular weight excluding hydrogens is 208 g/mol. The quantitative estimate of drug-likeness (QED) is 0.675. The molecule has 0 aromatic carbocycles. The zero-order valence-corrected chi connectivity index (χ0v) is 9.73. The van der Waals surface area contributed by atoms with E-state index in [0.717, 1.165) is 19.4 Å². The van der Waals surface area contributed by atoms with E-state index in [9.17, 15) is 9.59 Å². The predicted molar refractivity (Wildman–Crippen MR) is 57.7 cm³/mol. The summed E-state index contributed by atoms with van der Waals surface area (Å²) >= 11 is 0. The summed E-state index contributed by atoms with van der Waals surface area (Å²) in [6.07, 6.45) is 2.12. The molecule has 0 radical (unpaired) electrons. The van der Waals surface area contributed by atoms with Gasteiger partial charge in [0, 0.05) is 13.1 Å². The standard InChI is InChI=1S/C11H18N2O3/c1-7-10(14)12-5-6-13(7)9(8-3-4-8)11(15)16-2/h7-9H,3-6H2,1-2H3,(H,12,14). The third-order valence-electron chi connectivity index (χ3n) is 3.41. The Hall–Kier alpha value is -1.10. The summed E-state index contributed by atoms with van der Waals surface area (Å²) in [5.74, 6) is 0.172. The molecule has 2 rings (SSSR count). The van der Waals surface area contributed by atoms with E-state index in [2.05, 4.69) is 5.32 Å². The van der Waals surface area contributed by atoms with Gasteiger partial charge in [0.1, 0.15) is 6.04 Å². The molecule has 2 atom stereocenters. The van der Waals surface area contributed by atoms with E-state index in [4.69, 9.17) is 4.74 Å². The lowest BCUT2D eigenvalue weighted by Gasteiger charge is -2.37. The Morgan fingerprint density at radius 2 is 2.25 bits per heavy atom. The summed E-state index contributed by atoms with van der Waals surface area (Å²) in [5, 5.41) is 2.80. The van der Waals surface area contributed by atoms with Crippen LogP contribution in [0, 0.1) is 5.92 Å². The lowest BCUT2D eigenvalue weighted by atomic mass is 10.1. The maximum absolute atomic E-state index is 11.7. The van der Waals surface area contributed by atoms with Crippen LogP contribution in [0.15, 0.2) is 0 Å². The molecule has 5 heteroatoms. The first-order valence-electron chi connectivity index (χ1n) is 5.76. The highest BCUT2D eigenvalue weighted by Crippen LogP contribution is 2.36. The van der Waals surface area contributed by atoms with Crippen LogP contribution in [-0.4, -0.2) is 49.1 Å². The second-order valence-electron chi connectivity index (χ2n) is 4.51. The normalized spacial score (nSPS) is 28.4. The number of nitrogens with one attached hydrogen (secondary N) is 1. The number of esters is 1. The average Bonchev–Trinajstić information content (AvgIpc) is 3.08. The van der Waals surface area contributed by atoms with Crippen molar-refractivity contribution in [3.8, 4) is 0 Å². The first-order chi connectivity index (χ1) is 7.65. The maximum atomic E-state index is 11.7. The van der Waals surface area contributed by atoms with Crippen LogP contribution in [-0.2, 0) is 14.3 Å². The summed E-state index contributed by atoms with van der Waals surface area (Å²) in [4.78, 5) is 25.3. The second-order valence-corrected chi connectivity index (χ2v) is 4.51. The van der Waals surface area contributed by atoms with Crippen LogP contribution < -0.4 is 5.32 Å². The Bertz CT molecular complexity index is 302. The number of nitrogens with zero attached hydrogens (tertiary/aromatic N) is 1. The van der Waals surface area contributed by atoms with Gasteiger partial charge in [0.05, 0.1) is 13.2 Å². The van der Waals surface area contributed by atoms with Crippen LogP contribution in [0.4, 0.5) is 0 Å². The van der Waals surface area contributed by atoms with Gasteiger partial charge in [0.15, 0.2) is 0 Å². The van der Waals surface area contributed by atoms with Crippen molar-refractivity contribution in [1.29, 1.82) is 0 Å². The van der Waals surface area contributed by atoms with Crippen LogP contribution in [0.1, 0.15) is 19.8 Å². The van der Waals surface area contributed by atoms with Crippen molar-refractivity contribution >= 4 is 11.9 Å². The zero-order valence-electron chi connectivity index (χ0n) is 9.73. The Morgan fingerprint density at radius 3 is 2.81 bits per heavy atom. The number of carbonyl (C=O) groups is 2. The van der Waals surface area contributed by atoms with Gasteiger partial charge in [-0.2, -0.15) is 0 Å². The minimum Gasteiger partial charge on any atom is -0.468 e. The van der Waals surface area contributed by atoms with E-state index in [1.54, 1.807) is 0 Å². The Kier molecular flexibility index (Phi) is 3.14. The molecule has 5 nitrogen and oxygen atoms in total. The van der Waals surface area contributed by atoms with Gasteiger partial charge in [-0.25, -0.2) is 0 Å². The number of ether oxygens (including phenoxy) is 1. The number of rotatable bonds is 3. The molecule has 16 heavy (non-hydrogen) atoms. The molecule has 1 N–H and O–H groups in total. The maximum Gasteiger partial charge on any atom is 0.323 e. The molecule has 0 aromatic heterocycles. The van der Waals surface area contributed by atoms with Gasteiger partial charge >= 0.3 is 5.97 Å². The van der Waals surface area contributed by atoms with Crippen molar-refractivity contribution < 1.29 is 14.3 Å². The smallest absolute Gasteiger partial charge is 0.323 e. The van der Waals surface area contributed by atoms with Gasteiger partial charge in [0.2, 0.25) is 5.91 Å². The van der Waals surface area contributed by atoms with Crippen molar-refractivity contribution in [2.45, 2.75) is 31.8 Å². The van der Waals surface area contributed by atoms with E-state index in [-0.39, 0.29) is 24.0 Å². The Balaban J connectivity index is 2.12. The van der Waals surface area contributed by atoms with Crippen molar-refractivity contribution in [3.63, 3.8) is 0 Å². The van der Waals surface area contributed by atoms with Gasteiger partial charge in [-0.15, -0.1) is 0 Å². The van der Waals surface area contributed by atoms with Crippen LogP contribution in [0.2, 0.25) is 0 Å². The largest absolute Gasteiger partial charge is 0.468 e. The number of carbonyl (C=O) groups excluding carboxylic acids is 2. The van der Waals surface area contributed by atoms with Crippen LogP contribution in [0.5, 0.6) is 0 Å². The highest BCUT2D eigenvalue weighted by Gasteiger charge is 2.44. The van der Waals surface area contributed by atoms with E-state index >= 15 is 0 Å². The molecule has 1 saturated heterocycles. The van der Waals surface area contributed by atoms with E-state index in [1.165, 1.54) is 7.11 Å². The van der Waals surface area contributed by atoms with Gasteiger partial charge in [0.25, 0.3) is 0 Å². The number of methoxy groups -OCH3 is 1. The third-order valence-corrected chi connectivity index (χ3v) is 3.41. The van der Waals surface area contributed by atoms with Gasteiger partial charge in [-0.3, -0.25) is 14.5 Å². The first kappa shape index (κ1) is 11.4. The summed E-state index contributed by atoms with van der Waals surface area (Å²) < 4.78 is 4.84. The SMILES string of the molecule is COC(=O)C(C1CC1)N1CCNC(=O)C1C. The monoisotopic (exact) mass is 226 g/mol. The molecule has 0 aromatic rings. The predicted octanol–water partition coefficient (Wildman–Crippen LogP) is -0.242. The molecule has 0 spiro atoms. The average molecular weight is 226 g/mol. The molecular formula is C11H18N2O3. The number of hydrogen-bond acceptors (Lipinski definition) is 4. The van der Waals surface area contributed by atoms with Crippen LogP contribution >= 0.6 is 0 Å². The number of hydrogen-bond donors (Lipinski definition) is 1. The van der Waals surface area contributed by atoms with Crippen LogP contribution in [0.3, 0.4) is 0 Å². The first-order valence-corrected chi connectivity index (χ1v) is 5.76. The fourth-order valence-corrected chi connectivity index (χ4v) is 2.31. The lowest BCUT2D eigenvalue weighted by molar-refractivity contribution is -0.151. The molecule has 1 heterocycles. The minimum absolute atomic E-state index is 0.000744. The molecule has 2 aliphatic rings. The molecule has 0 bridgehead atoms. The minimum atomic E-state index is -0.238. The highest BCUT2D eigenvalue weighted by atomic mass is 16.5. The molecule has 90 valence electrons. The fourth-order valence-electron chi connectivity index (χ4n) is 2.31. The zero-order chi connectivity index (χ0) is 11.7. The van der Waals surface area contributed by atoms with E-state index < -0.39 is 0 Å². The third kappa shape index (κ3) is 2.04. The topological polar surface area (TPSA) is 58.6 Å². The molecule has 2 fully saturated rings. The molecule has 1 aliphatic heterocycles. The number of amides is 1. The van der Waals surface area contributed by atoms with Gasteiger partial charge in [-0.05, 0) is 25.7 Å². The molecule has 1 saturated carbocycles. The Morgan fingerprint density at radius 1 is 1.56 bits per heavy atom. The molecule has 1 amide bonds. The van der Waals surface area contributed by atoms with Gasteiger partial charge < -0.3 is 10.1 Å². The Labute approximate surface area is 95.1 Å².